The number of aromatic nitrogens is 3. The van der Waals surface area contributed by atoms with Gasteiger partial charge < -0.3 is 5.11 Å². The average molecular weight is 364 g/mol. The standard InChI is InChI=1S/C20H20N4O3/c1-2-10-23(20(26)27)16-6-3-5-15(12-16)13-18-19(25)8-11-24(22-18)17-7-4-9-21-14-17/h3-9,11-12,14H,2,10,13H2,1H3,(H,26,27). The number of hydrogen-bond donors (Lipinski definition) is 1. The maximum atomic E-state index is 12.2. The Labute approximate surface area is 156 Å². The molecule has 3 rings (SSSR count). The molecular weight excluding hydrogens is 344 g/mol. The molecule has 27 heavy (non-hydrogen) atoms. The van der Waals surface area contributed by atoms with Gasteiger partial charge in [-0.05, 0) is 36.2 Å². The van der Waals surface area contributed by atoms with Gasteiger partial charge in [-0.25, -0.2) is 9.48 Å². The zero-order chi connectivity index (χ0) is 19.2. The first-order chi connectivity index (χ1) is 13.1. The maximum absolute atomic E-state index is 12.2. The molecule has 2 heterocycles. The molecule has 1 aromatic carbocycles. The fourth-order valence-corrected chi connectivity index (χ4v) is 2.79. The monoisotopic (exact) mass is 364 g/mol. The summed E-state index contributed by atoms with van der Waals surface area (Å²) in [6, 6.07) is 12.3. The second-order valence-electron chi connectivity index (χ2n) is 6.06. The average Bonchev–Trinajstić information content (AvgIpc) is 2.68. The zero-order valence-electron chi connectivity index (χ0n) is 14.9. The van der Waals surface area contributed by atoms with Gasteiger partial charge >= 0.3 is 6.09 Å². The molecule has 0 saturated carbocycles. The van der Waals surface area contributed by atoms with Gasteiger partial charge in [0.25, 0.3) is 0 Å². The number of carbonyl (C=O) groups is 1. The highest BCUT2D eigenvalue weighted by atomic mass is 16.4. The normalized spacial score (nSPS) is 10.6. The largest absolute Gasteiger partial charge is 0.465 e. The second-order valence-corrected chi connectivity index (χ2v) is 6.06. The molecule has 138 valence electrons. The topological polar surface area (TPSA) is 88.3 Å². The van der Waals surface area contributed by atoms with Crippen molar-refractivity contribution in [1.82, 2.24) is 14.8 Å². The van der Waals surface area contributed by atoms with Gasteiger partial charge in [-0.1, -0.05) is 19.1 Å². The Hall–Kier alpha value is -3.48. The highest BCUT2D eigenvalue weighted by Gasteiger charge is 2.14. The van der Waals surface area contributed by atoms with Gasteiger partial charge in [-0.2, -0.15) is 5.10 Å². The highest BCUT2D eigenvalue weighted by Crippen LogP contribution is 2.18. The lowest BCUT2D eigenvalue weighted by Crippen LogP contribution is -2.29. The predicted octanol–water partition coefficient (Wildman–Crippen LogP) is 3.11. The molecule has 0 aliphatic carbocycles. The Morgan fingerprint density at radius 2 is 2.07 bits per heavy atom. The van der Waals surface area contributed by atoms with Crippen molar-refractivity contribution in [2.24, 2.45) is 0 Å². The third-order valence-corrected chi connectivity index (χ3v) is 4.06. The van der Waals surface area contributed by atoms with Crippen LogP contribution < -0.4 is 10.3 Å². The number of carboxylic acid groups (broad SMARTS) is 1. The minimum Gasteiger partial charge on any atom is -0.465 e. The number of pyridine rings is 1. The molecule has 0 radical (unpaired) electrons. The summed E-state index contributed by atoms with van der Waals surface area (Å²) >= 11 is 0. The van der Waals surface area contributed by atoms with E-state index in [1.165, 1.54) is 11.0 Å². The van der Waals surface area contributed by atoms with E-state index in [1.807, 2.05) is 19.1 Å². The molecule has 1 N–H and O–H groups in total. The summed E-state index contributed by atoms with van der Waals surface area (Å²) < 4.78 is 1.61. The van der Waals surface area contributed by atoms with Crippen LogP contribution in [-0.4, -0.2) is 32.5 Å². The van der Waals surface area contributed by atoms with Gasteiger partial charge in [0.1, 0.15) is 5.69 Å². The second kappa shape index (κ2) is 8.27. The molecule has 1 amide bonds. The van der Waals surface area contributed by atoms with E-state index in [9.17, 15) is 14.7 Å². The minimum absolute atomic E-state index is 0.163. The summed E-state index contributed by atoms with van der Waals surface area (Å²) in [4.78, 5) is 29.1. The Morgan fingerprint density at radius 1 is 1.22 bits per heavy atom. The van der Waals surface area contributed by atoms with Crippen molar-refractivity contribution in [2.75, 3.05) is 11.4 Å². The van der Waals surface area contributed by atoms with E-state index in [0.29, 0.717) is 30.8 Å². The Balaban J connectivity index is 1.90. The molecule has 0 aliphatic heterocycles. The zero-order valence-corrected chi connectivity index (χ0v) is 14.9. The summed E-state index contributed by atoms with van der Waals surface area (Å²) in [6.45, 7) is 2.34. The van der Waals surface area contributed by atoms with Gasteiger partial charge in [0, 0.05) is 37.1 Å². The summed E-state index contributed by atoms with van der Waals surface area (Å²) in [5.74, 6) is 0. The molecule has 7 nitrogen and oxygen atoms in total. The van der Waals surface area contributed by atoms with Crippen molar-refractivity contribution < 1.29 is 9.90 Å². The lowest BCUT2D eigenvalue weighted by Gasteiger charge is -2.19. The van der Waals surface area contributed by atoms with Crippen LogP contribution >= 0.6 is 0 Å². The molecule has 0 fully saturated rings. The van der Waals surface area contributed by atoms with Crippen molar-refractivity contribution in [3.05, 3.63) is 82.5 Å². The first-order valence-corrected chi connectivity index (χ1v) is 8.67. The first-order valence-electron chi connectivity index (χ1n) is 8.67. The molecule has 0 aliphatic rings. The van der Waals surface area contributed by atoms with Crippen molar-refractivity contribution in [2.45, 2.75) is 19.8 Å². The lowest BCUT2D eigenvalue weighted by molar-refractivity contribution is 0.202. The van der Waals surface area contributed by atoms with Gasteiger partial charge in [-0.15, -0.1) is 0 Å². The van der Waals surface area contributed by atoms with Crippen LogP contribution in [0.25, 0.3) is 5.69 Å². The van der Waals surface area contributed by atoms with Crippen LogP contribution in [0.2, 0.25) is 0 Å². The van der Waals surface area contributed by atoms with E-state index in [0.717, 1.165) is 11.3 Å². The van der Waals surface area contributed by atoms with Crippen LogP contribution in [0, 0.1) is 0 Å². The molecule has 7 heteroatoms. The van der Waals surface area contributed by atoms with E-state index in [2.05, 4.69) is 10.1 Å². The Kier molecular flexibility index (Phi) is 5.61. The van der Waals surface area contributed by atoms with Crippen molar-refractivity contribution in [3.63, 3.8) is 0 Å². The van der Waals surface area contributed by atoms with E-state index >= 15 is 0 Å². The number of anilines is 1. The molecule has 0 unspecified atom stereocenters. The fourth-order valence-electron chi connectivity index (χ4n) is 2.79. The summed E-state index contributed by atoms with van der Waals surface area (Å²) in [5.41, 5.74) is 2.39. The summed E-state index contributed by atoms with van der Waals surface area (Å²) in [5, 5.41) is 13.8. The molecule has 0 spiro atoms. The van der Waals surface area contributed by atoms with Gasteiger partial charge in [0.05, 0.1) is 11.9 Å². The molecule has 3 aromatic rings. The van der Waals surface area contributed by atoms with E-state index in [4.69, 9.17) is 0 Å². The first kappa shape index (κ1) is 18.3. The van der Waals surface area contributed by atoms with Gasteiger partial charge in [0.2, 0.25) is 5.43 Å². The lowest BCUT2D eigenvalue weighted by atomic mass is 10.1. The fraction of sp³-hybridized carbons (Fsp3) is 0.200. The van der Waals surface area contributed by atoms with E-state index in [-0.39, 0.29) is 5.43 Å². The molecule has 0 saturated heterocycles. The number of hydrogen-bond acceptors (Lipinski definition) is 4. The third-order valence-electron chi connectivity index (χ3n) is 4.06. The number of rotatable bonds is 6. The number of nitrogens with zero attached hydrogens (tertiary/aromatic N) is 4. The molecule has 0 atom stereocenters. The smallest absolute Gasteiger partial charge is 0.411 e. The van der Waals surface area contributed by atoms with Crippen LogP contribution in [0.4, 0.5) is 10.5 Å². The highest BCUT2D eigenvalue weighted by molar-refractivity contribution is 5.86. The number of amides is 1. The van der Waals surface area contributed by atoms with Crippen molar-refractivity contribution in [3.8, 4) is 5.69 Å². The SMILES string of the molecule is CCCN(C(=O)O)c1cccc(Cc2nn(-c3cccnc3)ccc2=O)c1. The van der Waals surface area contributed by atoms with Crippen LogP contribution in [0.15, 0.2) is 65.8 Å². The summed E-state index contributed by atoms with van der Waals surface area (Å²) in [6.07, 6.45) is 4.97. The third kappa shape index (κ3) is 4.38. The number of benzene rings is 1. The van der Waals surface area contributed by atoms with E-state index < -0.39 is 6.09 Å². The molecular formula is C20H20N4O3. The Morgan fingerprint density at radius 3 is 2.78 bits per heavy atom. The van der Waals surface area contributed by atoms with Gasteiger partial charge in [0.15, 0.2) is 0 Å². The predicted molar refractivity (Wildman–Crippen MR) is 103 cm³/mol. The van der Waals surface area contributed by atoms with Crippen LogP contribution in [-0.2, 0) is 6.42 Å². The van der Waals surface area contributed by atoms with Crippen LogP contribution in [0.1, 0.15) is 24.6 Å². The quantitative estimate of drug-likeness (QED) is 0.726. The Bertz CT molecular complexity index is 986. The summed E-state index contributed by atoms with van der Waals surface area (Å²) in [7, 11) is 0. The van der Waals surface area contributed by atoms with E-state index in [1.54, 1.807) is 47.5 Å². The van der Waals surface area contributed by atoms with Gasteiger partial charge in [-0.3, -0.25) is 14.7 Å². The maximum Gasteiger partial charge on any atom is 0.411 e. The van der Waals surface area contributed by atoms with Crippen molar-refractivity contribution >= 4 is 11.8 Å². The van der Waals surface area contributed by atoms with Crippen molar-refractivity contribution in [1.29, 1.82) is 0 Å². The van der Waals surface area contributed by atoms with Crippen LogP contribution in [0.3, 0.4) is 0 Å². The van der Waals surface area contributed by atoms with Crippen LogP contribution in [0.5, 0.6) is 0 Å². The minimum atomic E-state index is -0.995. The molecule has 2 aromatic heterocycles. The molecule has 0 bridgehead atoms.